The number of nitrogens with one attached hydrogen (secondary N) is 1. The molecule has 1 rings (SSSR count). The second kappa shape index (κ2) is 7.59. The molecule has 0 amide bonds. The molecule has 0 aliphatic rings. The lowest BCUT2D eigenvalue weighted by atomic mass is 10.1. The van der Waals surface area contributed by atoms with Gasteiger partial charge in [-0.3, -0.25) is 0 Å². The zero-order chi connectivity index (χ0) is 15.2. The predicted molar refractivity (Wildman–Crippen MR) is 78.3 cm³/mol. The normalized spacial score (nSPS) is 13.2. The van der Waals surface area contributed by atoms with Gasteiger partial charge in [-0.2, -0.15) is 0 Å². The Labute approximate surface area is 120 Å². The van der Waals surface area contributed by atoms with Crippen LogP contribution in [0.1, 0.15) is 31.9 Å². The van der Waals surface area contributed by atoms with E-state index in [0.29, 0.717) is 18.8 Å². The van der Waals surface area contributed by atoms with Crippen molar-refractivity contribution in [2.24, 2.45) is 0 Å². The fourth-order valence-corrected chi connectivity index (χ4v) is 2.60. The summed E-state index contributed by atoms with van der Waals surface area (Å²) in [6.07, 6.45) is 0.431. The number of ether oxygens (including phenoxy) is 1. The minimum Gasteiger partial charge on any atom is -0.493 e. The Bertz CT molecular complexity index is 531. The van der Waals surface area contributed by atoms with E-state index in [2.05, 4.69) is 5.32 Å². The van der Waals surface area contributed by atoms with Crippen LogP contribution in [-0.2, 0) is 9.84 Å². The molecule has 4 nitrogen and oxygen atoms in total. The van der Waals surface area contributed by atoms with Crippen LogP contribution in [0.2, 0.25) is 0 Å². The Kier molecular flexibility index (Phi) is 6.42. The Hall–Kier alpha value is -1.14. The van der Waals surface area contributed by atoms with E-state index >= 15 is 0 Å². The first kappa shape index (κ1) is 16.9. The van der Waals surface area contributed by atoms with Crippen molar-refractivity contribution in [3.8, 4) is 5.75 Å². The molecule has 1 aromatic carbocycles. The molecule has 0 saturated heterocycles. The largest absolute Gasteiger partial charge is 0.493 e. The third kappa shape index (κ3) is 5.09. The van der Waals surface area contributed by atoms with E-state index in [1.165, 1.54) is 12.1 Å². The SMILES string of the molecule is CCS(=O)(=O)CCCOc1ccc(F)cc1C(C)NC. The quantitative estimate of drug-likeness (QED) is 0.749. The van der Waals surface area contributed by atoms with Crippen molar-refractivity contribution in [1.29, 1.82) is 0 Å². The van der Waals surface area contributed by atoms with Crippen LogP contribution in [0.5, 0.6) is 5.75 Å². The van der Waals surface area contributed by atoms with Crippen LogP contribution in [0.3, 0.4) is 0 Å². The van der Waals surface area contributed by atoms with Crippen LogP contribution in [0.25, 0.3) is 0 Å². The molecule has 0 heterocycles. The van der Waals surface area contributed by atoms with E-state index in [0.717, 1.165) is 5.56 Å². The van der Waals surface area contributed by atoms with Gasteiger partial charge in [0.1, 0.15) is 21.4 Å². The summed E-state index contributed by atoms with van der Waals surface area (Å²) in [6.45, 7) is 3.83. The second-order valence-electron chi connectivity index (χ2n) is 4.63. The third-order valence-electron chi connectivity index (χ3n) is 3.17. The number of benzene rings is 1. The van der Waals surface area contributed by atoms with Gasteiger partial charge in [0.2, 0.25) is 0 Å². The number of hydrogen-bond acceptors (Lipinski definition) is 4. The maximum absolute atomic E-state index is 13.3. The minimum atomic E-state index is -2.96. The standard InChI is InChI=1S/C14H22FNO3S/c1-4-20(17,18)9-5-8-19-14-7-6-12(15)10-13(14)11(2)16-3/h6-7,10-11,16H,4-5,8-9H2,1-3H3. The van der Waals surface area contributed by atoms with Crippen molar-refractivity contribution in [1.82, 2.24) is 5.32 Å². The van der Waals surface area contributed by atoms with Gasteiger partial charge in [-0.1, -0.05) is 6.92 Å². The Morgan fingerprint density at radius 2 is 2.10 bits per heavy atom. The molecule has 0 bridgehead atoms. The van der Waals surface area contributed by atoms with Crippen molar-refractivity contribution in [2.75, 3.05) is 25.2 Å². The smallest absolute Gasteiger partial charge is 0.150 e. The van der Waals surface area contributed by atoms with Crippen LogP contribution in [0.4, 0.5) is 4.39 Å². The lowest BCUT2D eigenvalue weighted by Gasteiger charge is -2.16. The number of rotatable bonds is 8. The number of halogens is 1. The molecule has 114 valence electrons. The first-order valence-corrected chi connectivity index (χ1v) is 8.51. The molecule has 0 fully saturated rings. The van der Waals surface area contributed by atoms with Crippen molar-refractivity contribution in [2.45, 2.75) is 26.3 Å². The summed E-state index contributed by atoms with van der Waals surface area (Å²) in [7, 11) is -1.18. The fraction of sp³-hybridized carbons (Fsp3) is 0.571. The average Bonchev–Trinajstić information content (AvgIpc) is 2.44. The zero-order valence-electron chi connectivity index (χ0n) is 12.1. The molecule has 20 heavy (non-hydrogen) atoms. The zero-order valence-corrected chi connectivity index (χ0v) is 13.0. The second-order valence-corrected chi connectivity index (χ2v) is 7.10. The van der Waals surface area contributed by atoms with Gasteiger partial charge in [0.05, 0.1) is 12.4 Å². The van der Waals surface area contributed by atoms with Crippen molar-refractivity contribution in [3.63, 3.8) is 0 Å². The molecule has 1 N–H and O–H groups in total. The lowest BCUT2D eigenvalue weighted by molar-refractivity contribution is 0.311. The van der Waals surface area contributed by atoms with Gasteiger partial charge in [0.25, 0.3) is 0 Å². The predicted octanol–water partition coefficient (Wildman–Crippen LogP) is 2.31. The summed E-state index contributed by atoms with van der Waals surface area (Å²) < 4.78 is 41.6. The fourth-order valence-electron chi connectivity index (χ4n) is 1.75. The molecule has 1 atom stereocenters. The maximum Gasteiger partial charge on any atom is 0.150 e. The van der Waals surface area contributed by atoms with Crippen LogP contribution < -0.4 is 10.1 Å². The Morgan fingerprint density at radius 3 is 2.70 bits per heavy atom. The molecular formula is C14H22FNO3S. The molecule has 1 unspecified atom stereocenters. The van der Waals surface area contributed by atoms with Crippen molar-refractivity contribution < 1.29 is 17.5 Å². The van der Waals surface area contributed by atoms with Gasteiger partial charge >= 0.3 is 0 Å². The molecule has 0 spiro atoms. The van der Waals surface area contributed by atoms with Gasteiger partial charge < -0.3 is 10.1 Å². The van der Waals surface area contributed by atoms with E-state index in [1.807, 2.05) is 6.92 Å². The van der Waals surface area contributed by atoms with Crippen LogP contribution in [-0.4, -0.2) is 33.6 Å². The molecule has 6 heteroatoms. The molecule has 1 aromatic rings. The van der Waals surface area contributed by atoms with Crippen LogP contribution >= 0.6 is 0 Å². The summed E-state index contributed by atoms with van der Waals surface area (Å²) in [6, 6.07) is 4.30. The number of hydrogen-bond donors (Lipinski definition) is 1. The van der Waals surface area contributed by atoms with Crippen LogP contribution in [0.15, 0.2) is 18.2 Å². The Balaban J connectivity index is 2.64. The Morgan fingerprint density at radius 1 is 1.40 bits per heavy atom. The summed E-state index contributed by atoms with van der Waals surface area (Å²) in [4.78, 5) is 0. The molecule has 0 aliphatic heterocycles. The highest BCUT2D eigenvalue weighted by molar-refractivity contribution is 7.91. The first-order chi connectivity index (χ1) is 9.39. The van der Waals surface area contributed by atoms with E-state index in [1.54, 1.807) is 20.0 Å². The third-order valence-corrected chi connectivity index (χ3v) is 4.96. The summed E-state index contributed by atoms with van der Waals surface area (Å²) >= 11 is 0. The van der Waals surface area contributed by atoms with E-state index in [9.17, 15) is 12.8 Å². The van der Waals surface area contributed by atoms with E-state index in [4.69, 9.17) is 4.74 Å². The van der Waals surface area contributed by atoms with E-state index in [-0.39, 0.29) is 23.4 Å². The highest BCUT2D eigenvalue weighted by atomic mass is 32.2. The average molecular weight is 303 g/mol. The molecule has 0 aromatic heterocycles. The van der Waals surface area contributed by atoms with Gasteiger partial charge in [0, 0.05) is 17.4 Å². The molecule has 0 radical (unpaired) electrons. The van der Waals surface area contributed by atoms with Crippen molar-refractivity contribution in [3.05, 3.63) is 29.6 Å². The highest BCUT2D eigenvalue weighted by Gasteiger charge is 2.12. The molecular weight excluding hydrogens is 281 g/mol. The lowest BCUT2D eigenvalue weighted by Crippen LogP contribution is -2.15. The van der Waals surface area contributed by atoms with Gasteiger partial charge in [-0.05, 0) is 38.6 Å². The van der Waals surface area contributed by atoms with E-state index < -0.39 is 9.84 Å². The van der Waals surface area contributed by atoms with Crippen molar-refractivity contribution >= 4 is 9.84 Å². The molecule has 0 saturated carbocycles. The maximum atomic E-state index is 13.3. The molecule has 0 aliphatic carbocycles. The highest BCUT2D eigenvalue weighted by Crippen LogP contribution is 2.26. The monoisotopic (exact) mass is 303 g/mol. The summed E-state index contributed by atoms with van der Waals surface area (Å²) in [5.74, 6) is 0.526. The van der Waals surface area contributed by atoms with Gasteiger partial charge in [-0.25, -0.2) is 12.8 Å². The first-order valence-electron chi connectivity index (χ1n) is 6.69. The minimum absolute atomic E-state index is 0.0416. The van der Waals surface area contributed by atoms with Gasteiger partial charge in [0.15, 0.2) is 0 Å². The number of sulfone groups is 1. The summed E-state index contributed by atoms with van der Waals surface area (Å²) in [5, 5.41) is 3.03. The van der Waals surface area contributed by atoms with Crippen LogP contribution in [0, 0.1) is 5.82 Å². The summed E-state index contributed by atoms with van der Waals surface area (Å²) in [5.41, 5.74) is 0.728. The topological polar surface area (TPSA) is 55.4 Å². The van der Waals surface area contributed by atoms with Gasteiger partial charge in [-0.15, -0.1) is 0 Å².